The molecule has 0 fully saturated rings. The summed E-state index contributed by atoms with van der Waals surface area (Å²) in [6, 6.07) is 19.1. The molecule has 0 aliphatic carbocycles. The van der Waals surface area contributed by atoms with Crippen LogP contribution >= 0.6 is 0 Å². The van der Waals surface area contributed by atoms with E-state index in [9.17, 15) is 4.79 Å². The first-order chi connectivity index (χ1) is 13.7. The number of nitrogens with zero attached hydrogens (tertiary/aromatic N) is 3. The van der Waals surface area contributed by atoms with Crippen molar-refractivity contribution in [3.8, 4) is 28.6 Å². The van der Waals surface area contributed by atoms with Gasteiger partial charge in [-0.05, 0) is 17.7 Å². The number of ether oxygens (including phenoxy) is 2. The first-order valence-electron chi connectivity index (χ1n) is 8.74. The maximum Gasteiger partial charge on any atom is 0.320 e. The van der Waals surface area contributed by atoms with Crippen molar-refractivity contribution in [1.82, 2.24) is 14.5 Å². The number of rotatable bonds is 6. The van der Waals surface area contributed by atoms with Gasteiger partial charge in [-0.1, -0.05) is 42.5 Å². The lowest BCUT2D eigenvalue weighted by atomic mass is 10.0. The van der Waals surface area contributed by atoms with Gasteiger partial charge < -0.3 is 14.0 Å². The lowest BCUT2D eigenvalue weighted by Gasteiger charge is -2.08. The molecule has 0 aliphatic rings. The fourth-order valence-electron chi connectivity index (χ4n) is 2.97. The van der Waals surface area contributed by atoms with Crippen molar-refractivity contribution in [1.29, 1.82) is 0 Å². The number of aryl methyl sites for hydroxylation is 1. The van der Waals surface area contributed by atoms with Crippen LogP contribution in [-0.4, -0.2) is 21.6 Å². The van der Waals surface area contributed by atoms with Gasteiger partial charge in [0.1, 0.15) is 12.2 Å². The molecule has 0 saturated carbocycles. The van der Waals surface area contributed by atoms with Crippen LogP contribution in [0.3, 0.4) is 0 Å². The molecule has 142 valence electrons. The summed E-state index contributed by atoms with van der Waals surface area (Å²) in [7, 11) is 3.01. The molecule has 0 saturated heterocycles. The number of aromatic nitrogens is 3. The van der Waals surface area contributed by atoms with E-state index in [1.54, 1.807) is 17.8 Å². The van der Waals surface area contributed by atoms with Crippen LogP contribution in [0.15, 0.2) is 76.2 Å². The minimum absolute atomic E-state index is 0.174. The average molecular weight is 377 g/mol. The summed E-state index contributed by atoms with van der Waals surface area (Å²) in [6.45, 7) is 0.249. The summed E-state index contributed by atoms with van der Waals surface area (Å²) in [5, 5.41) is 4.44. The Bertz CT molecular complexity index is 1140. The van der Waals surface area contributed by atoms with Crippen molar-refractivity contribution in [2.24, 2.45) is 7.05 Å². The molecule has 0 unspecified atom stereocenters. The van der Waals surface area contributed by atoms with Crippen LogP contribution in [0.25, 0.3) is 16.8 Å². The quantitative estimate of drug-likeness (QED) is 0.515. The molecule has 0 bridgehead atoms. The zero-order chi connectivity index (χ0) is 19.5. The number of para-hydroxylation sites is 1. The average Bonchev–Trinajstić information content (AvgIpc) is 3.32. The summed E-state index contributed by atoms with van der Waals surface area (Å²) in [5.74, 6) is 0.666. The standard InChI is InChI=1S/C21H19N3O4/c1-23-20(25)19(21(26-2)28-23)17-11-7-6-8-15(17)14-27-18-12-13-24(22-18)16-9-4-3-5-10-16/h3-13H,14H2,1-2H3. The van der Waals surface area contributed by atoms with Crippen LogP contribution in [0.4, 0.5) is 0 Å². The molecule has 28 heavy (non-hydrogen) atoms. The zero-order valence-corrected chi connectivity index (χ0v) is 15.5. The van der Waals surface area contributed by atoms with Gasteiger partial charge in [0.25, 0.3) is 5.56 Å². The molecular formula is C21H19N3O4. The van der Waals surface area contributed by atoms with E-state index in [0.29, 0.717) is 17.0 Å². The Kier molecular flexibility index (Phi) is 4.72. The molecule has 0 N–H and O–H groups in total. The molecule has 0 atom stereocenters. The molecule has 2 aromatic heterocycles. The summed E-state index contributed by atoms with van der Waals surface area (Å²) < 4.78 is 19.3. The van der Waals surface area contributed by atoms with Crippen LogP contribution in [0.1, 0.15) is 5.56 Å². The van der Waals surface area contributed by atoms with Gasteiger partial charge in [0, 0.05) is 24.9 Å². The van der Waals surface area contributed by atoms with Crippen molar-refractivity contribution in [3.05, 3.63) is 82.8 Å². The fraction of sp³-hybridized carbons (Fsp3) is 0.143. The predicted octanol–water partition coefficient (Wildman–Crippen LogP) is 3.42. The highest BCUT2D eigenvalue weighted by atomic mass is 16.6. The van der Waals surface area contributed by atoms with E-state index in [1.807, 2.05) is 60.8 Å². The van der Waals surface area contributed by atoms with Gasteiger partial charge in [0.2, 0.25) is 5.88 Å². The number of methoxy groups -OCH3 is 1. The SMILES string of the molecule is COc1on(C)c(=O)c1-c1ccccc1COc1ccn(-c2ccccc2)n1. The molecule has 2 aromatic carbocycles. The third kappa shape index (κ3) is 3.29. The van der Waals surface area contributed by atoms with Crippen LogP contribution in [0, 0.1) is 0 Å². The summed E-state index contributed by atoms with van der Waals surface area (Å²) in [5.41, 5.74) is 2.59. The number of hydrogen-bond donors (Lipinski definition) is 0. The van der Waals surface area contributed by atoms with E-state index in [2.05, 4.69) is 5.10 Å². The Labute approximate surface area is 161 Å². The minimum atomic E-state index is -0.266. The van der Waals surface area contributed by atoms with Crippen molar-refractivity contribution >= 4 is 0 Å². The topological polar surface area (TPSA) is 71.4 Å². The summed E-state index contributed by atoms with van der Waals surface area (Å²) >= 11 is 0. The number of benzene rings is 2. The third-order valence-electron chi connectivity index (χ3n) is 4.36. The molecule has 0 radical (unpaired) electrons. The normalized spacial score (nSPS) is 10.8. The lowest BCUT2D eigenvalue weighted by molar-refractivity contribution is 0.208. The van der Waals surface area contributed by atoms with Gasteiger partial charge in [-0.25, -0.2) is 4.68 Å². The Morgan fingerprint density at radius 3 is 2.57 bits per heavy atom. The smallest absolute Gasteiger partial charge is 0.320 e. The van der Waals surface area contributed by atoms with Crippen LogP contribution in [0.5, 0.6) is 11.8 Å². The molecule has 0 aliphatic heterocycles. The minimum Gasteiger partial charge on any atom is -0.472 e. The van der Waals surface area contributed by atoms with E-state index < -0.39 is 0 Å². The highest BCUT2D eigenvalue weighted by Crippen LogP contribution is 2.30. The highest BCUT2D eigenvalue weighted by molar-refractivity contribution is 5.70. The molecule has 2 heterocycles. The Morgan fingerprint density at radius 1 is 1.04 bits per heavy atom. The molecule has 4 rings (SSSR count). The fourth-order valence-corrected chi connectivity index (χ4v) is 2.97. The van der Waals surface area contributed by atoms with E-state index >= 15 is 0 Å². The van der Waals surface area contributed by atoms with Crippen molar-refractivity contribution in [3.63, 3.8) is 0 Å². The first kappa shape index (κ1) is 17.7. The number of hydrogen-bond acceptors (Lipinski definition) is 5. The van der Waals surface area contributed by atoms with E-state index in [-0.39, 0.29) is 18.1 Å². The lowest BCUT2D eigenvalue weighted by Crippen LogP contribution is -2.12. The van der Waals surface area contributed by atoms with Crippen LogP contribution in [0.2, 0.25) is 0 Å². The molecule has 7 nitrogen and oxygen atoms in total. The van der Waals surface area contributed by atoms with Gasteiger partial charge in [0.15, 0.2) is 0 Å². The van der Waals surface area contributed by atoms with Crippen molar-refractivity contribution < 1.29 is 14.0 Å². The third-order valence-corrected chi connectivity index (χ3v) is 4.36. The van der Waals surface area contributed by atoms with Gasteiger partial charge in [-0.15, -0.1) is 5.10 Å². The van der Waals surface area contributed by atoms with Gasteiger partial charge in [-0.3, -0.25) is 4.79 Å². The van der Waals surface area contributed by atoms with Crippen molar-refractivity contribution in [2.75, 3.05) is 7.11 Å². The predicted molar refractivity (Wildman–Crippen MR) is 104 cm³/mol. The highest BCUT2D eigenvalue weighted by Gasteiger charge is 2.20. The second kappa shape index (κ2) is 7.48. The summed E-state index contributed by atoms with van der Waals surface area (Å²) in [4.78, 5) is 12.5. The maximum absolute atomic E-state index is 12.5. The molecule has 0 spiro atoms. The molecule has 7 heteroatoms. The van der Waals surface area contributed by atoms with Crippen molar-refractivity contribution in [2.45, 2.75) is 6.61 Å². The van der Waals surface area contributed by atoms with E-state index in [0.717, 1.165) is 16.0 Å². The first-order valence-corrected chi connectivity index (χ1v) is 8.74. The second-order valence-corrected chi connectivity index (χ2v) is 6.14. The second-order valence-electron chi connectivity index (χ2n) is 6.14. The zero-order valence-electron chi connectivity index (χ0n) is 15.5. The maximum atomic E-state index is 12.5. The van der Waals surface area contributed by atoms with Gasteiger partial charge in [0.05, 0.1) is 12.8 Å². The van der Waals surface area contributed by atoms with E-state index in [4.69, 9.17) is 14.0 Å². The van der Waals surface area contributed by atoms with E-state index in [1.165, 1.54) is 7.11 Å². The van der Waals surface area contributed by atoms with Gasteiger partial charge >= 0.3 is 5.95 Å². The van der Waals surface area contributed by atoms with Crippen LogP contribution < -0.4 is 15.0 Å². The Hall–Kier alpha value is -3.74. The molecule has 4 aromatic rings. The molecular weight excluding hydrogens is 358 g/mol. The Balaban J connectivity index is 1.59. The monoisotopic (exact) mass is 377 g/mol. The molecule has 0 amide bonds. The summed E-state index contributed by atoms with van der Waals surface area (Å²) in [6.07, 6.45) is 1.84. The van der Waals surface area contributed by atoms with Gasteiger partial charge in [-0.2, -0.15) is 4.74 Å². The Morgan fingerprint density at radius 2 is 1.79 bits per heavy atom. The van der Waals surface area contributed by atoms with Crippen LogP contribution in [-0.2, 0) is 13.7 Å². The largest absolute Gasteiger partial charge is 0.472 e.